The molecular weight excluding hydrogens is 309 g/mol. The molecular formula is C16H11Cl2NO2. The van der Waals surface area contributed by atoms with E-state index in [2.05, 4.69) is 5.32 Å². The molecule has 2 aromatic carbocycles. The minimum absolute atomic E-state index is 0.263. The van der Waals surface area contributed by atoms with E-state index in [1.54, 1.807) is 36.4 Å². The van der Waals surface area contributed by atoms with Crippen LogP contribution in [0.3, 0.4) is 0 Å². The van der Waals surface area contributed by atoms with Gasteiger partial charge in [-0.2, -0.15) is 0 Å². The molecule has 0 radical (unpaired) electrons. The first-order chi connectivity index (χ1) is 10.0. The largest absolute Gasteiger partial charge is 0.372 e. The van der Waals surface area contributed by atoms with Gasteiger partial charge in [-0.15, -0.1) is 0 Å². The number of hydrogen-bond acceptors (Lipinski definition) is 3. The lowest BCUT2D eigenvalue weighted by Gasteiger charge is -2.33. The standard InChI is InChI=1S/C16H11Cl2NO2/c17-16(18)14(19-10-6-2-1-3-7-10)13(20)11-8-4-5-9-12(11)15(16)21/h1-9,14,19H. The first-order valence-corrected chi connectivity index (χ1v) is 7.15. The van der Waals surface area contributed by atoms with Crippen LogP contribution in [-0.2, 0) is 0 Å². The van der Waals surface area contributed by atoms with Gasteiger partial charge in [0.25, 0.3) is 0 Å². The van der Waals surface area contributed by atoms with Crippen molar-refractivity contribution in [3.8, 4) is 0 Å². The number of ketones is 2. The van der Waals surface area contributed by atoms with Crippen LogP contribution in [0.4, 0.5) is 5.69 Å². The molecule has 5 heteroatoms. The number of carbonyl (C=O) groups is 2. The van der Waals surface area contributed by atoms with Gasteiger partial charge in [0, 0.05) is 16.8 Å². The van der Waals surface area contributed by atoms with E-state index >= 15 is 0 Å². The van der Waals surface area contributed by atoms with Gasteiger partial charge in [-0.05, 0) is 12.1 Å². The summed E-state index contributed by atoms with van der Waals surface area (Å²) in [6.07, 6.45) is 0. The molecule has 1 atom stereocenters. The smallest absolute Gasteiger partial charge is 0.207 e. The topological polar surface area (TPSA) is 46.2 Å². The van der Waals surface area contributed by atoms with E-state index in [1.165, 1.54) is 0 Å². The molecule has 2 aromatic rings. The molecule has 0 spiro atoms. The van der Waals surface area contributed by atoms with Crippen LogP contribution in [0.2, 0.25) is 0 Å². The summed E-state index contributed by atoms with van der Waals surface area (Å²) in [6.45, 7) is 0. The summed E-state index contributed by atoms with van der Waals surface area (Å²) in [7, 11) is 0. The SMILES string of the molecule is O=C1c2ccccc2C(=O)C(Cl)(Cl)C1Nc1ccccc1. The second-order valence-electron chi connectivity index (χ2n) is 4.81. The maximum Gasteiger partial charge on any atom is 0.207 e. The summed E-state index contributed by atoms with van der Waals surface area (Å²) in [5.41, 5.74) is 1.28. The monoisotopic (exact) mass is 319 g/mol. The molecule has 1 aliphatic rings. The van der Waals surface area contributed by atoms with Gasteiger partial charge in [0.2, 0.25) is 10.1 Å². The lowest BCUT2D eigenvalue weighted by atomic mass is 9.85. The van der Waals surface area contributed by atoms with Gasteiger partial charge in [-0.25, -0.2) is 0 Å². The second-order valence-corrected chi connectivity index (χ2v) is 6.19. The van der Waals surface area contributed by atoms with E-state index in [1.807, 2.05) is 18.2 Å². The molecule has 0 heterocycles. The molecule has 0 aromatic heterocycles. The minimum atomic E-state index is -1.83. The molecule has 0 aliphatic heterocycles. The van der Waals surface area contributed by atoms with Crippen molar-refractivity contribution in [2.45, 2.75) is 10.4 Å². The number of para-hydroxylation sites is 1. The van der Waals surface area contributed by atoms with E-state index in [4.69, 9.17) is 23.2 Å². The fraction of sp³-hybridized carbons (Fsp3) is 0.125. The molecule has 106 valence electrons. The van der Waals surface area contributed by atoms with E-state index < -0.39 is 16.2 Å². The zero-order chi connectivity index (χ0) is 15.0. The maximum atomic E-state index is 12.6. The number of nitrogens with one attached hydrogen (secondary N) is 1. The molecule has 1 aliphatic carbocycles. The molecule has 3 nitrogen and oxygen atoms in total. The highest BCUT2D eigenvalue weighted by atomic mass is 35.5. The zero-order valence-corrected chi connectivity index (χ0v) is 12.4. The van der Waals surface area contributed by atoms with Crippen molar-refractivity contribution < 1.29 is 9.59 Å². The number of benzene rings is 2. The fourth-order valence-corrected chi connectivity index (χ4v) is 2.89. The molecule has 0 saturated heterocycles. The molecule has 1 unspecified atom stereocenters. The molecule has 0 fully saturated rings. The first kappa shape index (κ1) is 14.1. The quantitative estimate of drug-likeness (QED) is 0.858. The van der Waals surface area contributed by atoms with Crippen LogP contribution in [0.25, 0.3) is 0 Å². The molecule has 1 N–H and O–H groups in total. The zero-order valence-electron chi connectivity index (χ0n) is 10.8. The van der Waals surface area contributed by atoms with Crippen LogP contribution in [0.1, 0.15) is 20.7 Å². The van der Waals surface area contributed by atoms with Gasteiger partial charge in [0.1, 0.15) is 6.04 Å². The number of alkyl halides is 2. The molecule has 3 rings (SSSR count). The average molecular weight is 320 g/mol. The van der Waals surface area contributed by atoms with Gasteiger partial charge in [0.05, 0.1) is 0 Å². The van der Waals surface area contributed by atoms with Gasteiger partial charge in [-0.3, -0.25) is 9.59 Å². The van der Waals surface area contributed by atoms with Gasteiger partial charge < -0.3 is 5.32 Å². The minimum Gasteiger partial charge on any atom is -0.372 e. The number of Topliss-reactive ketones (excluding diaryl/α,β-unsaturated/α-hetero) is 2. The number of carbonyl (C=O) groups excluding carboxylic acids is 2. The highest BCUT2D eigenvalue weighted by Gasteiger charge is 2.51. The Bertz CT molecular complexity index is 713. The average Bonchev–Trinajstić information content (AvgIpc) is 2.51. The Labute approximate surface area is 131 Å². The molecule has 0 bridgehead atoms. The van der Waals surface area contributed by atoms with E-state index in [-0.39, 0.29) is 11.3 Å². The Morgan fingerprint density at radius 3 is 2.10 bits per heavy atom. The van der Waals surface area contributed by atoms with Crippen LogP contribution in [0.5, 0.6) is 0 Å². The lowest BCUT2D eigenvalue weighted by molar-refractivity contribution is 0.0865. The van der Waals surface area contributed by atoms with Crippen LogP contribution in [-0.4, -0.2) is 21.9 Å². The fourth-order valence-electron chi connectivity index (χ4n) is 2.38. The third-order valence-corrected chi connectivity index (χ3v) is 4.23. The van der Waals surface area contributed by atoms with Crippen LogP contribution < -0.4 is 5.32 Å². The highest BCUT2D eigenvalue weighted by Crippen LogP contribution is 2.38. The normalized spacial score (nSPS) is 20.0. The van der Waals surface area contributed by atoms with Crippen molar-refractivity contribution in [3.63, 3.8) is 0 Å². The Hall–Kier alpha value is -1.84. The van der Waals surface area contributed by atoms with Crippen LogP contribution in [0.15, 0.2) is 54.6 Å². The van der Waals surface area contributed by atoms with Gasteiger partial charge in [0.15, 0.2) is 5.78 Å². The molecule has 21 heavy (non-hydrogen) atoms. The Balaban J connectivity index is 2.05. The summed E-state index contributed by atoms with van der Waals surface area (Å²) in [5.74, 6) is -0.756. The van der Waals surface area contributed by atoms with Gasteiger partial charge >= 0.3 is 0 Å². The van der Waals surface area contributed by atoms with Crippen LogP contribution in [0, 0.1) is 0 Å². The van der Waals surface area contributed by atoms with Crippen molar-refractivity contribution in [2.24, 2.45) is 0 Å². The highest BCUT2D eigenvalue weighted by molar-refractivity contribution is 6.63. The number of anilines is 1. The summed E-state index contributed by atoms with van der Waals surface area (Å²) in [5, 5.41) is 2.96. The van der Waals surface area contributed by atoms with Crippen molar-refractivity contribution in [2.75, 3.05) is 5.32 Å². The predicted molar refractivity (Wildman–Crippen MR) is 83.4 cm³/mol. The number of halogens is 2. The lowest BCUT2D eigenvalue weighted by Crippen LogP contribution is -2.53. The first-order valence-electron chi connectivity index (χ1n) is 6.39. The van der Waals surface area contributed by atoms with Crippen molar-refractivity contribution in [1.82, 2.24) is 0 Å². The van der Waals surface area contributed by atoms with Crippen LogP contribution >= 0.6 is 23.2 Å². The van der Waals surface area contributed by atoms with E-state index in [9.17, 15) is 9.59 Å². The van der Waals surface area contributed by atoms with E-state index in [0.717, 1.165) is 0 Å². The number of fused-ring (bicyclic) bond motifs is 1. The second kappa shape index (κ2) is 5.17. The van der Waals surface area contributed by atoms with Gasteiger partial charge in [-0.1, -0.05) is 65.7 Å². The summed E-state index contributed by atoms with van der Waals surface area (Å²) >= 11 is 12.4. The predicted octanol–water partition coefficient (Wildman–Crippen LogP) is 3.72. The van der Waals surface area contributed by atoms with E-state index in [0.29, 0.717) is 11.3 Å². The molecule has 0 amide bonds. The number of rotatable bonds is 2. The Morgan fingerprint density at radius 1 is 0.857 bits per heavy atom. The molecule has 0 saturated carbocycles. The third-order valence-electron chi connectivity index (χ3n) is 3.45. The van der Waals surface area contributed by atoms with Crippen molar-refractivity contribution in [1.29, 1.82) is 0 Å². The Kier molecular flexibility index (Phi) is 3.47. The summed E-state index contributed by atoms with van der Waals surface area (Å²) in [4.78, 5) is 25.0. The third kappa shape index (κ3) is 2.33. The van der Waals surface area contributed by atoms with Crippen molar-refractivity contribution >= 4 is 40.5 Å². The summed E-state index contributed by atoms with van der Waals surface area (Å²) in [6, 6.07) is 14.6. The van der Waals surface area contributed by atoms with Crippen molar-refractivity contribution in [3.05, 3.63) is 65.7 Å². The Morgan fingerprint density at radius 2 is 1.43 bits per heavy atom. The number of hydrogen-bond donors (Lipinski definition) is 1. The maximum absolute atomic E-state index is 12.6. The summed E-state index contributed by atoms with van der Waals surface area (Å²) < 4.78 is -1.83.